The number of hydrogen-bond donors (Lipinski definition) is 2. The Labute approximate surface area is 165 Å². The minimum atomic E-state index is 0.576. The molecule has 0 saturated carbocycles. The largest absolute Gasteiger partial charge is 0.393 e. The summed E-state index contributed by atoms with van der Waals surface area (Å²) in [6.45, 7) is 3.95. The number of aryl methyl sites for hydroxylation is 1. The highest BCUT2D eigenvalue weighted by molar-refractivity contribution is 5.77. The van der Waals surface area contributed by atoms with E-state index in [0.717, 1.165) is 49.6 Å². The monoisotopic (exact) mass is 374 g/mol. The van der Waals surface area contributed by atoms with Gasteiger partial charge in [0, 0.05) is 19.3 Å². The number of nitrogen functional groups attached to an aromatic ring is 1. The van der Waals surface area contributed by atoms with E-state index in [1.54, 1.807) is 12.5 Å². The number of anilines is 4. The molecule has 0 atom stereocenters. The van der Waals surface area contributed by atoms with Gasteiger partial charge in [0.15, 0.2) is 11.6 Å². The van der Waals surface area contributed by atoms with Crippen LogP contribution in [0.2, 0.25) is 0 Å². The molecule has 3 heterocycles. The third-order valence-corrected chi connectivity index (χ3v) is 5.31. The molecule has 1 aromatic carbocycles. The number of benzene rings is 1. The molecule has 4 rings (SSSR count). The normalized spacial score (nSPS) is 14.8. The van der Waals surface area contributed by atoms with Gasteiger partial charge in [-0.15, -0.1) is 0 Å². The molecule has 1 aliphatic rings. The number of aromatic nitrogens is 3. The number of piperidine rings is 1. The first-order chi connectivity index (χ1) is 13.7. The number of nitrogens with two attached hydrogens (primary N) is 1. The average Bonchev–Trinajstić information content (AvgIpc) is 2.71. The topological polar surface area (TPSA) is 80.0 Å². The van der Waals surface area contributed by atoms with Gasteiger partial charge in [0.25, 0.3) is 0 Å². The van der Waals surface area contributed by atoms with E-state index in [9.17, 15) is 0 Å². The highest BCUT2D eigenvalue weighted by Crippen LogP contribution is 2.31. The SMILES string of the molecule is Cc1ccnc(Nc2ncnc(N3CCC(Cc4ccccc4)CC3)c2N)c1. The molecule has 1 fully saturated rings. The summed E-state index contributed by atoms with van der Waals surface area (Å²) in [5, 5.41) is 3.22. The van der Waals surface area contributed by atoms with Gasteiger partial charge in [-0.3, -0.25) is 0 Å². The molecule has 0 radical (unpaired) electrons. The van der Waals surface area contributed by atoms with Gasteiger partial charge in [0.1, 0.15) is 17.8 Å². The third kappa shape index (κ3) is 4.22. The fourth-order valence-corrected chi connectivity index (χ4v) is 3.76. The van der Waals surface area contributed by atoms with Gasteiger partial charge >= 0.3 is 0 Å². The van der Waals surface area contributed by atoms with Crippen molar-refractivity contribution < 1.29 is 0 Å². The summed E-state index contributed by atoms with van der Waals surface area (Å²) in [5.41, 5.74) is 9.52. The van der Waals surface area contributed by atoms with Gasteiger partial charge < -0.3 is 16.0 Å². The predicted octanol–water partition coefficient (Wildman–Crippen LogP) is 3.96. The minimum absolute atomic E-state index is 0.576. The predicted molar refractivity (Wildman–Crippen MR) is 114 cm³/mol. The first kappa shape index (κ1) is 18.2. The lowest BCUT2D eigenvalue weighted by atomic mass is 9.90. The second-order valence-electron chi connectivity index (χ2n) is 7.42. The fourth-order valence-electron chi connectivity index (χ4n) is 3.76. The molecule has 28 heavy (non-hydrogen) atoms. The quantitative estimate of drug-likeness (QED) is 0.703. The van der Waals surface area contributed by atoms with Gasteiger partial charge in [-0.2, -0.15) is 0 Å². The van der Waals surface area contributed by atoms with E-state index in [2.05, 4.69) is 55.5 Å². The maximum Gasteiger partial charge on any atom is 0.160 e. The summed E-state index contributed by atoms with van der Waals surface area (Å²) >= 11 is 0. The van der Waals surface area contributed by atoms with E-state index in [-0.39, 0.29) is 0 Å². The second-order valence-corrected chi connectivity index (χ2v) is 7.42. The molecule has 3 N–H and O–H groups in total. The van der Waals surface area contributed by atoms with Crippen LogP contribution in [0.4, 0.5) is 23.1 Å². The van der Waals surface area contributed by atoms with Crippen LogP contribution in [0.15, 0.2) is 55.0 Å². The molecule has 3 aromatic rings. The molecule has 0 amide bonds. The molecule has 6 nitrogen and oxygen atoms in total. The van der Waals surface area contributed by atoms with Crippen molar-refractivity contribution in [3.8, 4) is 0 Å². The zero-order valence-corrected chi connectivity index (χ0v) is 16.2. The number of pyridine rings is 1. The molecule has 6 heteroatoms. The Balaban J connectivity index is 1.42. The Kier molecular flexibility index (Phi) is 5.37. The lowest BCUT2D eigenvalue weighted by molar-refractivity contribution is 0.402. The maximum atomic E-state index is 6.40. The molecule has 1 saturated heterocycles. The van der Waals surface area contributed by atoms with E-state index in [4.69, 9.17) is 5.73 Å². The number of nitrogens with one attached hydrogen (secondary N) is 1. The van der Waals surface area contributed by atoms with Crippen molar-refractivity contribution in [2.24, 2.45) is 5.92 Å². The van der Waals surface area contributed by atoms with Crippen molar-refractivity contribution in [2.75, 3.05) is 29.0 Å². The van der Waals surface area contributed by atoms with Crippen LogP contribution in [0.5, 0.6) is 0 Å². The van der Waals surface area contributed by atoms with E-state index in [1.165, 1.54) is 5.56 Å². The van der Waals surface area contributed by atoms with Crippen molar-refractivity contribution in [3.05, 3.63) is 66.1 Å². The van der Waals surface area contributed by atoms with Crippen LogP contribution in [0.3, 0.4) is 0 Å². The Hall–Kier alpha value is -3.15. The molecule has 0 bridgehead atoms. The first-order valence-electron chi connectivity index (χ1n) is 9.78. The molecule has 2 aromatic heterocycles. The zero-order valence-electron chi connectivity index (χ0n) is 16.2. The van der Waals surface area contributed by atoms with Crippen molar-refractivity contribution in [2.45, 2.75) is 26.2 Å². The zero-order chi connectivity index (χ0) is 19.3. The van der Waals surface area contributed by atoms with Gasteiger partial charge in [0.05, 0.1) is 0 Å². The van der Waals surface area contributed by atoms with Crippen LogP contribution in [0, 0.1) is 12.8 Å². The standard InChI is InChI=1S/C22H26N6/c1-16-7-10-24-19(13-16)27-21-20(23)22(26-15-25-21)28-11-8-18(9-12-28)14-17-5-3-2-4-6-17/h2-7,10,13,15,18H,8-9,11-12,14,23H2,1H3,(H,24,25,26,27). The minimum Gasteiger partial charge on any atom is -0.393 e. The molecule has 0 unspecified atom stereocenters. The van der Waals surface area contributed by atoms with Gasteiger partial charge in [0.2, 0.25) is 0 Å². The van der Waals surface area contributed by atoms with Crippen LogP contribution in [-0.2, 0) is 6.42 Å². The summed E-state index contributed by atoms with van der Waals surface area (Å²) in [6, 6.07) is 14.7. The summed E-state index contributed by atoms with van der Waals surface area (Å²) in [5.74, 6) is 2.85. The van der Waals surface area contributed by atoms with E-state index >= 15 is 0 Å². The summed E-state index contributed by atoms with van der Waals surface area (Å²) in [4.78, 5) is 15.4. The summed E-state index contributed by atoms with van der Waals surface area (Å²) in [6.07, 6.45) is 6.76. The Morgan fingerprint density at radius 2 is 1.86 bits per heavy atom. The van der Waals surface area contributed by atoms with Gasteiger partial charge in [-0.25, -0.2) is 15.0 Å². The van der Waals surface area contributed by atoms with Crippen LogP contribution in [0.1, 0.15) is 24.0 Å². The number of rotatable bonds is 5. The van der Waals surface area contributed by atoms with Gasteiger partial charge in [-0.1, -0.05) is 30.3 Å². The van der Waals surface area contributed by atoms with Crippen molar-refractivity contribution >= 4 is 23.1 Å². The highest BCUT2D eigenvalue weighted by Gasteiger charge is 2.23. The lowest BCUT2D eigenvalue weighted by Crippen LogP contribution is -2.35. The average molecular weight is 374 g/mol. The smallest absolute Gasteiger partial charge is 0.160 e. The number of nitrogens with zero attached hydrogens (tertiary/aromatic N) is 4. The van der Waals surface area contributed by atoms with E-state index < -0.39 is 0 Å². The molecule has 144 valence electrons. The maximum absolute atomic E-state index is 6.40. The van der Waals surface area contributed by atoms with Crippen molar-refractivity contribution in [1.82, 2.24) is 15.0 Å². The fraction of sp³-hybridized carbons (Fsp3) is 0.318. The Bertz CT molecular complexity index is 919. The molecular formula is C22H26N6. The first-order valence-corrected chi connectivity index (χ1v) is 9.78. The van der Waals surface area contributed by atoms with E-state index in [1.807, 2.05) is 19.1 Å². The number of hydrogen-bond acceptors (Lipinski definition) is 6. The summed E-state index contributed by atoms with van der Waals surface area (Å²) < 4.78 is 0. The second kappa shape index (κ2) is 8.25. The molecule has 0 aliphatic carbocycles. The molecular weight excluding hydrogens is 348 g/mol. The summed E-state index contributed by atoms with van der Waals surface area (Å²) in [7, 11) is 0. The molecule has 0 spiro atoms. The highest BCUT2D eigenvalue weighted by atomic mass is 15.2. The molecule has 1 aliphatic heterocycles. The van der Waals surface area contributed by atoms with E-state index in [0.29, 0.717) is 17.4 Å². The van der Waals surface area contributed by atoms with Crippen LogP contribution < -0.4 is 16.0 Å². The van der Waals surface area contributed by atoms with Crippen molar-refractivity contribution in [1.29, 1.82) is 0 Å². The van der Waals surface area contributed by atoms with Crippen LogP contribution in [0.25, 0.3) is 0 Å². The van der Waals surface area contributed by atoms with Crippen LogP contribution in [-0.4, -0.2) is 28.0 Å². The van der Waals surface area contributed by atoms with Crippen LogP contribution >= 0.6 is 0 Å². The lowest BCUT2D eigenvalue weighted by Gasteiger charge is -2.33. The third-order valence-electron chi connectivity index (χ3n) is 5.31. The van der Waals surface area contributed by atoms with Crippen molar-refractivity contribution in [3.63, 3.8) is 0 Å². The Morgan fingerprint density at radius 3 is 2.61 bits per heavy atom. The Morgan fingerprint density at radius 1 is 1.07 bits per heavy atom. The van der Waals surface area contributed by atoms with Gasteiger partial charge in [-0.05, 0) is 55.4 Å².